The van der Waals surface area contributed by atoms with E-state index < -0.39 is 6.36 Å². The summed E-state index contributed by atoms with van der Waals surface area (Å²) in [6, 6.07) is 18.7. The van der Waals surface area contributed by atoms with E-state index in [4.69, 9.17) is 21.7 Å². The molecular weight excluding hydrogens is 413 g/mol. The molecule has 3 rings (SSSR count). The van der Waals surface area contributed by atoms with Gasteiger partial charge in [-0.1, -0.05) is 36.4 Å². The number of hydrogen-bond acceptors (Lipinski definition) is 4. The Labute approximate surface area is 178 Å². The third-order valence-electron chi connectivity index (χ3n) is 4.11. The quantitative estimate of drug-likeness (QED) is 0.374. The summed E-state index contributed by atoms with van der Waals surface area (Å²) in [5.74, 6) is 0.997. The first-order valence-corrected chi connectivity index (χ1v) is 9.60. The maximum Gasteiger partial charge on any atom is 0.573 e. The van der Waals surface area contributed by atoms with Crippen molar-refractivity contribution in [2.45, 2.75) is 26.3 Å². The Bertz CT molecular complexity index is 998. The lowest BCUT2D eigenvalue weighted by molar-refractivity contribution is -0.274. The smallest absolute Gasteiger partial charge is 0.490 e. The summed E-state index contributed by atoms with van der Waals surface area (Å²) in [7, 11) is 0. The highest BCUT2D eigenvalue weighted by atomic mass is 32.1. The van der Waals surface area contributed by atoms with Gasteiger partial charge in [-0.3, -0.25) is 0 Å². The third kappa shape index (κ3) is 5.51. The van der Waals surface area contributed by atoms with Gasteiger partial charge in [-0.15, -0.1) is 13.2 Å². The first-order chi connectivity index (χ1) is 14.3. The van der Waals surface area contributed by atoms with E-state index in [2.05, 4.69) is 4.74 Å². The number of hydrogen-bond donors (Lipinski definition) is 0. The van der Waals surface area contributed by atoms with E-state index in [0.717, 1.165) is 22.3 Å². The van der Waals surface area contributed by atoms with Crippen molar-refractivity contribution >= 4 is 17.8 Å². The summed E-state index contributed by atoms with van der Waals surface area (Å²) in [6.45, 7) is 3.85. The van der Waals surface area contributed by atoms with Crippen LogP contribution in [0.2, 0.25) is 0 Å². The van der Waals surface area contributed by atoms with Crippen LogP contribution in [0.5, 0.6) is 17.2 Å². The van der Waals surface area contributed by atoms with E-state index >= 15 is 0 Å². The Kier molecular flexibility index (Phi) is 6.62. The normalized spacial score (nSPS) is 11.3. The molecule has 0 aliphatic carbocycles. The van der Waals surface area contributed by atoms with Crippen molar-refractivity contribution in [1.82, 2.24) is 0 Å². The van der Waals surface area contributed by atoms with Crippen molar-refractivity contribution in [3.05, 3.63) is 66.7 Å². The van der Waals surface area contributed by atoms with Gasteiger partial charge in [-0.25, -0.2) is 0 Å². The van der Waals surface area contributed by atoms with Crippen molar-refractivity contribution in [3.63, 3.8) is 0 Å². The highest BCUT2D eigenvalue weighted by Gasteiger charge is 2.31. The molecular formula is C23H19F3O3S. The number of thiocarbonyl (C=S) groups is 1. The second-order valence-corrected chi connectivity index (χ2v) is 6.85. The van der Waals surface area contributed by atoms with E-state index in [1.54, 1.807) is 24.3 Å². The Balaban J connectivity index is 2.07. The Morgan fingerprint density at radius 2 is 1.43 bits per heavy atom. The summed E-state index contributed by atoms with van der Waals surface area (Å²) < 4.78 is 52.5. The van der Waals surface area contributed by atoms with E-state index in [-0.39, 0.29) is 11.9 Å². The van der Waals surface area contributed by atoms with Gasteiger partial charge in [-0.05, 0) is 73.1 Å². The van der Waals surface area contributed by atoms with Crippen LogP contribution < -0.4 is 14.2 Å². The summed E-state index contributed by atoms with van der Waals surface area (Å²) in [5.41, 5.74) is 4.42. The van der Waals surface area contributed by atoms with E-state index in [0.29, 0.717) is 11.5 Å². The lowest BCUT2D eigenvalue weighted by Crippen LogP contribution is -2.16. The Hall–Kier alpha value is -3.06. The SMILES string of the molecule is CC(C)Oc1cccc(-c2ccc(OC(F)(F)F)cc2)c1-c1ccc(OC=S)cc1. The van der Waals surface area contributed by atoms with E-state index in [1.165, 1.54) is 17.7 Å². The fraction of sp³-hybridized carbons (Fsp3) is 0.174. The maximum atomic E-state index is 12.5. The Morgan fingerprint density at radius 3 is 2.00 bits per heavy atom. The predicted octanol–water partition coefficient (Wildman–Crippen LogP) is 7.04. The fourth-order valence-corrected chi connectivity index (χ4v) is 3.12. The molecule has 156 valence electrons. The molecule has 0 saturated heterocycles. The number of alkyl halides is 3. The van der Waals surface area contributed by atoms with Gasteiger partial charge >= 0.3 is 6.36 Å². The lowest BCUT2D eigenvalue weighted by Gasteiger charge is -2.19. The molecule has 0 aliphatic rings. The van der Waals surface area contributed by atoms with Gasteiger partial charge in [0.15, 0.2) is 5.55 Å². The fourth-order valence-electron chi connectivity index (χ4n) is 3.01. The summed E-state index contributed by atoms with van der Waals surface area (Å²) in [4.78, 5) is 0. The largest absolute Gasteiger partial charge is 0.573 e. The number of halogens is 3. The maximum absolute atomic E-state index is 12.5. The van der Waals surface area contributed by atoms with Crippen LogP contribution in [-0.4, -0.2) is 18.0 Å². The van der Waals surface area contributed by atoms with E-state index in [1.807, 2.05) is 44.2 Å². The minimum Gasteiger partial charge on any atom is -0.490 e. The van der Waals surface area contributed by atoms with Gasteiger partial charge in [0.25, 0.3) is 0 Å². The number of benzene rings is 3. The van der Waals surface area contributed by atoms with Crippen LogP contribution in [0.25, 0.3) is 22.3 Å². The zero-order valence-electron chi connectivity index (χ0n) is 16.3. The summed E-state index contributed by atoms with van der Waals surface area (Å²) >= 11 is 4.71. The average Bonchev–Trinajstić information content (AvgIpc) is 2.68. The van der Waals surface area contributed by atoms with Crippen molar-refractivity contribution in [1.29, 1.82) is 0 Å². The molecule has 0 aliphatic heterocycles. The second-order valence-electron chi connectivity index (χ2n) is 6.66. The average molecular weight is 432 g/mol. The minimum absolute atomic E-state index is 0.0565. The van der Waals surface area contributed by atoms with Crippen LogP contribution in [0.15, 0.2) is 66.7 Å². The molecule has 0 fully saturated rings. The molecule has 0 bridgehead atoms. The standard InChI is InChI=1S/C23H19F3O3S/c1-15(2)28-21-5-3-4-20(16-6-12-19(13-7-16)29-23(24,25)26)22(21)17-8-10-18(11-9-17)27-14-30/h3-15H,1-2H3. The highest BCUT2D eigenvalue weighted by Crippen LogP contribution is 2.40. The van der Waals surface area contributed by atoms with Crippen LogP contribution in [-0.2, 0) is 0 Å². The lowest BCUT2D eigenvalue weighted by atomic mass is 9.93. The van der Waals surface area contributed by atoms with Gasteiger partial charge in [0.2, 0.25) is 0 Å². The monoisotopic (exact) mass is 432 g/mol. The van der Waals surface area contributed by atoms with Gasteiger partial charge in [-0.2, -0.15) is 0 Å². The van der Waals surface area contributed by atoms with Crippen molar-refractivity contribution in [2.75, 3.05) is 0 Å². The first-order valence-electron chi connectivity index (χ1n) is 9.13. The molecule has 0 atom stereocenters. The minimum atomic E-state index is -4.73. The predicted molar refractivity (Wildman–Crippen MR) is 114 cm³/mol. The molecule has 3 nitrogen and oxygen atoms in total. The molecule has 7 heteroatoms. The summed E-state index contributed by atoms with van der Waals surface area (Å²) in [5, 5.41) is 0. The molecule has 0 aromatic heterocycles. The van der Waals surface area contributed by atoms with Gasteiger partial charge in [0.1, 0.15) is 17.2 Å². The van der Waals surface area contributed by atoms with Crippen LogP contribution in [0.4, 0.5) is 13.2 Å². The molecule has 0 N–H and O–H groups in total. The molecule has 3 aromatic rings. The molecule has 0 saturated carbocycles. The van der Waals surface area contributed by atoms with Crippen molar-refractivity contribution < 1.29 is 27.4 Å². The first kappa shape index (κ1) is 21.6. The zero-order chi connectivity index (χ0) is 21.7. The summed E-state index contributed by atoms with van der Waals surface area (Å²) in [6.07, 6.45) is -4.79. The van der Waals surface area contributed by atoms with Crippen LogP contribution >= 0.6 is 12.2 Å². The van der Waals surface area contributed by atoms with Crippen LogP contribution in [0.1, 0.15) is 13.8 Å². The number of ether oxygens (including phenoxy) is 3. The second kappa shape index (κ2) is 9.17. The van der Waals surface area contributed by atoms with E-state index in [9.17, 15) is 13.2 Å². The zero-order valence-corrected chi connectivity index (χ0v) is 17.1. The molecule has 0 heterocycles. The van der Waals surface area contributed by atoms with Crippen LogP contribution in [0.3, 0.4) is 0 Å². The molecule has 3 aromatic carbocycles. The topological polar surface area (TPSA) is 27.7 Å². The van der Waals surface area contributed by atoms with Gasteiger partial charge < -0.3 is 14.2 Å². The molecule has 0 radical (unpaired) electrons. The molecule has 30 heavy (non-hydrogen) atoms. The Morgan fingerprint density at radius 1 is 0.833 bits per heavy atom. The number of rotatable bonds is 7. The molecule has 0 amide bonds. The van der Waals surface area contributed by atoms with Gasteiger partial charge in [0, 0.05) is 5.56 Å². The van der Waals surface area contributed by atoms with Crippen molar-refractivity contribution in [3.8, 4) is 39.5 Å². The highest BCUT2D eigenvalue weighted by molar-refractivity contribution is 7.78. The molecule has 0 spiro atoms. The third-order valence-corrected chi connectivity index (χ3v) is 4.21. The van der Waals surface area contributed by atoms with Crippen molar-refractivity contribution in [2.24, 2.45) is 0 Å². The molecule has 0 unspecified atom stereocenters. The van der Waals surface area contributed by atoms with Crippen LogP contribution in [0, 0.1) is 0 Å². The van der Waals surface area contributed by atoms with Gasteiger partial charge in [0.05, 0.1) is 6.10 Å².